The van der Waals surface area contributed by atoms with E-state index >= 15 is 0 Å². The Labute approximate surface area is 93.3 Å². The number of benzene rings is 1. The molecule has 2 nitrogen and oxygen atoms in total. The van der Waals surface area contributed by atoms with Crippen LogP contribution in [0.1, 0.15) is 5.56 Å². The van der Waals surface area contributed by atoms with Crippen molar-refractivity contribution in [2.24, 2.45) is 0 Å². The minimum Gasteiger partial charge on any atom is -0.358 e. The number of hydrogen-bond donors (Lipinski definition) is 1. The number of pyridine rings is 1. The Kier molecular flexibility index (Phi) is 2.30. The van der Waals surface area contributed by atoms with Gasteiger partial charge in [-0.3, -0.25) is 4.79 Å². The highest BCUT2D eigenvalue weighted by Crippen LogP contribution is 2.16. The quantitative estimate of drug-likeness (QED) is 0.746. The van der Waals surface area contributed by atoms with E-state index in [4.69, 9.17) is 0 Å². The van der Waals surface area contributed by atoms with E-state index in [1.165, 1.54) is 12.3 Å². The number of halogens is 2. The first-order valence-corrected chi connectivity index (χ1v) is 5.14. The van der Waals surface area contributed by atoms with Crippen LogP contribution in [0.5, 0.6) is 0 Å². The van der Waals surface area contributed by atoms with Gasteiger partial charge in [0.2, 0.25) is 0 Å². The number of H-pyrrole nitrogens is 1. The molecule has 0 atom stereocenters. The summed E-state index contributed by atoms with van der Waals surface area (Å²) in [5.41, 5.74) is 0.760. The molecule has 0 unspecified atom stereocenters. The van der Waals surface area contributed by atoms with Crippen LogP contribution in [-0.2, 0) is 0 Å². The highest BCUT2D eigenvalue weighted by molar-refractivity contribution is 14.1. The number of hydrogen-bond acceptors (Lipinski definition) is 1. The SMILES string of the molecule is Cc1c[nH]c2c(F)cc(I)cc2c1=O. The van der Waals surface area contributed by atoms with E-state index in [0.29, 0.717) is 10.9 Å². The maximum atomic E-state index is 13.4. The first-order chi connectivity index (χ1) is 6.59. The molecule has 0 aliphatic heterocycles. The Morgan fingerprint density at radius 3 is 2.86 bits per heavy atom. The molecule has 2 rings (SSSR count). The van der Waals surface area contributed by atoms with Crippen LogP contribution in [-0.4, -0.2) is 4.98 Å². The molecule has 0 bridgehead atoms. The van der Waals surface area contributed by atoms with Crippen LogP contribution in [0.25, 0.3) is 10.9 Å². The van der Waals surface area contributed by atoms with Crippen molar-refractivity contribution in [2.75, 3.05) is 0 Å². The Morgan fingerprint density at radius 2 is 2.14 bits per heavy atom. The average Bonchev–Trinajstić information content (AvgIpc) is 2.12. The fraction of sp³-hybridized carbons (Fsp3) is 0.100. The van der Waals surface area contributed by atoms with Gasteiger partial charge < -0.3 is 4.98 Å². The van der Waals surface area contributed by atoms with Crippen LogP contribution in [0, 0.1) is 16.3 Å². The highest BCUT2D eigenvalue weighted by atomic mass is 127. The third kappa shape index (κ3) is 1.43. The summed E-state index contributed by atoms with van der Waals surface area (Å²) in [7, 11) is 0. The van der Waals surface area contributed by atoms with Crippen molar-refractivity contribution in [3.8, 4) is 0 Å². The van der Waals surface area contributed by atoms with Gasteiger partial charge in [-0.15, -0.1) is 0 Å². The fourth-order valence-electron chi connectivity index (χ4n) is 1.36. The molecule has 0 aliphatic carbocycles. The van der Waals surface area contributed by atoms with Crippen molar-refractivity contribution in [1.29, 1.82) is 0 Å². The summed E-state index contributed by atoms with van der Waals surface area (Å²) in [4.78, 5) is 14.4. The molecular weight excluding hydrogens is 296 g/mol. The third-order valence-electron chi connectivity index (χ3n) is 2.09. The van der Waals surface area contributed by atoms with Crippen molar-refractivity contribution < 1.29 is 4.39 Å². The van der Waals surface area contributed by atoms with Gasteiger partial charge >= 0.3 is 0 Å². The molecule has 0 fully saturated rings. The molecule has 0 radical (unpaired) electrons. The maximum Gasteiger partial charge on any atom is 0.192 e. The summed E-state index contributed by atoms with van der Waals surface area (Å²) in [5, 5.41) is 0.411. The Bertz CT molecular complexity index is 562. The summed E-state index contributed by atoms with van der Waals surface area (Å²) >= 11 is 1.99. The lowest BCUT2D eigenvalue weighted by Gasteiger charge is -2.01. The molecule has 1 aromatic carbocycles. The second kappa shape index (κ2) is 3.34. The second-order valence-electron chi connectivity index (χ2n) is 3.11. The van der Waals surface area contributed by atoms with E-state index in [1.54, 1.807) is 13.0 Å². The molecule has 0 saturated heterocycles. The fourth-order valence-corrected chi connectivity index (χ4v) is 1.94. The number of nitrogens with one attached hydrogen (secondary N) is 1. The molecule has 1 aromatic heterocycles. The van der Waals surface area contributed by atoms with Crippen molar-refractivity contribution in [3.05, 3.63) is 43.5 Å². The minimum absolute atomic E-state index is 0.115. The van der Waals surface area contributed by atoms with E-state index < -0.39 is 0 Å². The van der Waals surface area contributed by atoms with Gasteiger partial charge in [-0.05, 0) is 41.6 Å². The number of aromatic amines is 1. The Morgan fingerprint density at radius 1 is 1.43 bits per heavy atom. The van der Waals surface area contributed by atoms with E-state index in [1.807, 2.05) is 22.6 Å². The highest BCUT2D eigenvalue weighted by Gasteiger charge is 2.07. The Balaban J connectivity index is 3.03. The molecular formula is C10H7FINO. The molecule has 1 heterocycles. The smallest absolute Gasteiger partial charge is 0.192 e. The van der Waals surface area contributed by atoms with Crippen LogP contribution >= 0.6 is 22.6 Å². The number of fused-ring (bicyclic) bond motifs is 1. The predicted molar refractivity (Wildman–Crippen MR) is 62.0 cm³/mol. The van der Waals surface area contributed by atoms with Gasteiger partial charge in [0.15, 0.2) is 5.43 Å². The predicted octanol–water partition coefficient (Wildman–Crippen LogP) is 2.58. The number of aryl methyl sites for hydroxylation is 1. The lowest BCUT2D eigenvalue weighted by atomic mass is 10.1. The molecule has 14 heavy (non-hydrogen) atoms. The van der Waals surface area contributed by atoms with Crippen LogP contribution in [0.4, 0.5) is 4.39 Å². The zero-order valence-corrected chi connectivity index (χ0v) is 9.55. The van der Waals surface area contributed by atoms with E-state index in [9.17, 15) is 9.18 Å². The molecule has 0 spiro atoms. The van der Waals surface area contributed by atoms with E-state index in [0.717, 1.165) is 3.57 Å². The number of aromatic nitrogens is 1. The lowest BCUT2D eigenvalue weighted by molar-refractivity contribution is 0.636. The topological polar surface area (TPSA) is 32.9 Å². The van der Waals surface area contributed by atoms with Gasteiger partial charge in [0.1, 0.15) is 5.82 Å². The second-order valence-corrected chi connectivity index (χ2v) is 4.36. The molecule has 0 amide bonds. The standard InChI is InChI=1S/C10H7FINO/c1-5-4-13-9-7(10(5)14)2-6(12)3-8(9)11/h2-4H,1H3,(H,13,14). The lowest BCUT2D eigenvalue weighted by Crippen LogP contribution is -2.07. The summed E-state index contributed by atoms with van der Waals surface area (Å²) in [6.07, 6.45) is 1.53. The molecule has 4 heteroatoms. The van der Waals surface area contributed by atoms with Crippen LogP contribution in [0.15, 0.2) is 23.1 Å². The van der Waals surface area contributed by atoms with Gasteiger partial charge in [0, 0.05) is 20.7 Å². The minimum atomic E-state index is -0.385. The van der Waals surface area contributed by atoms with Gasteiger partial charge in [-0.25, -0.2) is 4.39 Å². The van der Waals surface area contributed by atoms with Crippen LogP contribution in [0.2, 0.25) is 0 Å². The first kappa shape index (κ1) is 9.64. The molecule has 1 N–H and O–H groups in total. The van der Waals surface area contributed by atoms with E-state index in [2.05, 4.69) is 4.98 Å². The molecule has 2 aromatic rings. The molecule has 0 aliphatic rings. The van der Waals surface area contributed by atoms with E-state index in [-0.39, 0.29) is 16.8 Å². The summed E-state index contributed by atoms with van der Waals surface area (Å²) in [5.74, 6) is -0.385. The third-order valence-corrected chi connectivity index (χ3v) is 2.71. The molecule has 0 saturated carbocycles. The van der Waals surface area contributed by atoms with Gasteiger partial charge in [-0.2, -0.15) is 0 Å². The van der Waals surface area contributed by atoms with Crippen molar-refractivity contribution in [1.82, 2.24) is 4.98 Å². The van der Waals surface area contributed by atoms with Crippen LogP contribution in [0.3, 0.4) is 0 Å². The van der Waals surface area contributed by atoms with Gasteiger partial charge in [0.25, 0.3) is 0 Å². The van der Waals surface area contributed by atoms with Crippen molar-refractivity contribution in [3.63, 3.8) is 0 Å². The zero-order chi connectivity index (χ0) is 10.3. The van der Waals surface area contributed by atoms with Crippen molar-refractivity contribution in [2.45, 2.75) is 6.92 Å². The zero-order valence-electron chi connectivity index (χ0n) is 7.40. The maximum absolute atomic E-state index is 13.4. The summed E-state index contributed by atoms with van der Waals surface area (Å²) in [6.45, 7) is 1.70. The largest absolute Gasteiger partial charge is 0.358 e. The van der Waals surface area contributed by atoms with Crippen LogP contribution < -0.4 is 5.43 Å². The normalized spacial score (nSPS) is 10.8. The monoisotopic (exact) mass is 303 g/mol. The average molecular weight is 303 g/mol. The summed E-state index contributed by atoms with van der Waals surface area (Å²) < 4.78 is 14.1. The van der Waals surface area contributed by atoms with Gasteiger partial charge in [0.05, 0.1) is 5.52 Å². The molecule has 72 valence electrons. The van der Waals surface area contributed by atoms with Crippen molar-refractivity contribution >= 4 is 33.5 Å². The number of rotatable bonds is 0. The van der Waals surface area contributed by atoms with Gasteiger partial charge in [-0.1, -0.05) is 0 Å². The summed E-state index contributed by atoms with van der Waals surface area (Å²) in [6, 6.07) is 3.08. The Hall–Kier alpha value is -0.910. The first-order valence-electron chi connectivity index (χ1n) is 4.06.